The van der Waals surface area contributed by atoms with Crippen molar-refractivity contribution in [2.75, 3.05) is 53.5 Å². The summed E-state index contributed by atoms with van der Waals surface area (Å²) in [5, 5.41) is 3.28. The van der Waals surface area contributed by atoms with E-state index in [1.807, 2.05) is 0 Å². The number of hydrogen-bond acceptors (Lipinski definition) is 8. The van der Waals surface area contributed by atoms with Gasteiger partial charge in [-0.2, -0.15) is 0 Å². The van der Waals surface area contributed by atoms with Gasteiger partial charge >= 0.3 is 5.97 Å². The fourth-order valence-corrected chi connectivity index (χ4v) is 5.01. The van der Waals surface area contributed by atoms with Crippen LogP contribution in [0.25, 0.3) is 0 Å². The minimum Gasteiger partial charge on any atom is -0.494 e. The van der Waals surface area contributed by atoms with E-state index < -0.39 is 16.0 Å². The number of carbonyl (C=O) groups excluding carboxylic acids is 1. The van der Waals surface area contributed by atoms with Crippen molar-refractivity contribution in [2.45, 2.75) is 10.6 Å². The fraction of sp³-hybridized carbons (Fsp3) is 0.643. The van der Waals surface area contributed by atoms with E-state index in [2.05, 4.69) is 19.7 Å². The molecule has 136 valence electrons. The first-order valence-electron chi connectivity index (χ1n) is 7.67. The zero-order valence-corrected chi connectivity index (χ0v) is 15.5. The number of ether oxygens (including phenoxy) is 2. The summed E-state index contributed by atoms with van der Waals surface area (Å²) >= 11 is 0.841. The predicted octanol–water partition coefficient (Wildman–Crippen LogP) is 0.117. The van der Waals surface area contributed by atoms with E-state index in [0.717, 1.165) is 50.5 Å². The number of carbonyl (C=O) groups is 1. The highest BCUT2D eigenvalue weighted by atomic mass is 32.2. The topological polar surface area (TPSA) is 97.0 Å². The van der Waals surface area contributed by atoms with E-state index in [0.29, 0.717) is 6.54 Å². The van der Waals surface area contributed by atoms with E-state index in [9.17, 15) is 13.2 Å². The van der Waals surface area contributed by atoms with Crippen molar-refractivity contribution in [3.63, 3.8) is 0 Å². The number of rotatable bonds is 8. The molecule has 1 aromatic rings. The number of thiophene rings is 1. The Bertz CT molecular complexity index is 653. The summed E-state index contributed by atoms with van der Waals surface area (Å²) in [5.41, 5.74) is 0. The van der Waals surface area contributed by atoms with E-state index in [1.165, 1.54) is 20.3 Å². The molecule has 24 heavy (non-hydrogen) atoms. The predicted molar refractivity (Wildman–Crippen MR) is 91.3 cm³/mol. The number of sulfonamides is 1. The van der Waals surface area contributed by atoms with Crippen LogP contribution in [0.4, 0.5) is 0 Å². The number of nitrogens with zero attached hydrogens (tertiary/aromatic N) is 1. The fourth-order valence-electron chi connectivity index (χ4n) is 2.40. The third kappa shape index (κ3) is 4.90. The highest BCUT2D eigenvalue weighted by Gasteiger charge is 2.25. The lowest BCUT2D eigenvalue weighted by Gasteiger charge is -2.27. The molecule has 1 aliphatic heterocycles. The van der Waals surface area contributed by atoms with E-state index in [4.69, 9.17) is 4.74 Å². The Kier molecular flexibility index (Phi) is 6.99. The summed E-state index contributed by atoms with van der Waals surface area (Å²) in [6, 6.07) is 1.38. The third-order valence-corrected chi connectivity index (χ3v) is 6.74. The van der Waals surface area contributed by atoms with Gasteiger partial charge in [0.05, 0.1) is 14.2 Å². The third-order valence-electron chi connectivity index (χ3n) is 3.67. The second-order valence-electron chi connectivity index (χ2n) is 5.30. The highest BCUT2D eigenvalue weighted by molar-refractivity contribution is 7.91. The van der Waals surface area contributed by atoms with E-state index >= 15 is 0 Å². The van der Waals surface area contributed by atoms with Gasteiger partial charge in [0.25, 0.3) is 10.0 Å². The molecule has 0 radical (unpaired) electrons. The Labute approximate surface area is 146 Å². The molecule has 0 unspecified atom stereocenters. The van der Waals surface area contributed by atoms with Gasteiger partial charge < -0.3 is 19.7 Å². The first-order chi connectivity index (χ1) is 11.5. The van der Waals surface area contributed by atoms with Gasteiger partial charge in [0.2, 0.25) is 0 Å². The smallest absolute Gasteiger partial charge is 0.348 e. The van der Waals surface area contributed by atoms with Crippen LogP contribution in [0.5, 0.6) is 5.75 Å². The Hall–Kier alpha value is -1.20. The molecule has 0 aliphatic carbocycles. The SMILES string of the molecule is COC(=O)c1cc(OC)c(S(=O)(=O)NCCCN2CCNCC2)s1. The van der Waals surface area contributed by atoms with Crippen molar-refractivity contribution in [1.29, 1.82) is 0 Å². The van der Waals surface area contributed by atoms with Crippen molar-refractivity contribution in [1.82, 2.24) is 14.9 Å². The van der Waals surface area contributed by atoms with Crippen LogP contribution in [-0.2, 0) is 14.8 Å². The van der Waals surface area contributed by atoms with Crippen molar-refractivity contribution in [3.8, 4) is 5.75 Å². The molecule has 1 aliphatic rings. The largest absolute Gasteiger partial charge is 0.494 e. The van der Waals surface area contributed by atoms with Crippen molar-refractivity contribution < 1.29 is 22.7 Å². The monoisotopic (exact) mass is 377 g/mol. The zero-order valence-electron chi connectivity index (χ0n) is 13.8. The van der Waals surface area contributed by atoms with Gasteiger partial charge in [0.1, 0.15) is 4.88 Å². The molecule has 8 nitrogen and oxygen atoms in total. The molecule has 0 amide bonds. The molecule has 10 heteroatoms. The molecule has 1 aromatic heterocycles. The van der Waals surface area contributed by atoms with Gasteiger partial charge in [-0.05, 0) is 13.0 Å². The lowest BCUT2D eigenvalue weighted by molar-refractivity contribution is 0.0606. The molecule has 1 saturated heterocycles. The van der Waals surface area contributed by atoms with Gasteiger partial charge in [-0.15, -0.1) is 11.3 Å². The summed E-state index contributed by atoms with van der Waals surface area (Å²) < 4.78 is 37.1. The molecule has 0 aromatic carbocycles. The van der Waals surface area contributed by atoms with Gasteiger partial charge in [-0.1, -0.05) is 0 Å². The second kappa shape index (κ2) is 8.77. The Morgan fingerprint density at radius 2 is 2.08 bits per heavy atom. The van der Waals surface area contributed by atoms with Crippen LogP contribution in [0.2, 0.25) is 0 Å². The Morgan fingerprint density at radius 3 is 2.71 bits per heavy atom. The van der Waals surface area contributed by atoms with Crippen LogP contribution in [0.15, 0.2) is 10.3 Å². The molecule has 0 saturated carbocycles. The lowest BCUT2D eigenvalue weighted by atomic mass is 10.3. The van der Waals surface area contributed by atoms with Gasteiger partial charge in [0.15, 0.2) is 9.96 Å². The average Bonchev–Trinajstić information content (AvgIpc) is 3.04. The van der Waals surface area contributed by atoms with E-state index in [1.54, 1.807) is 0 Å². The molecule has 2 rings (SSSR count). The molecule has 1 fully saturated rings. The van der Waals surface area contributed by atoms with Crippen LogP contribution in [-0.4, -0.2) is 72.8 Å². The molecule has 0 bridgehead atoms. The summed E-state index contributed by atoms with van der Waals surface area (Å²) in [6.45, 7) is 5.07. The molecular formula is C14H23N3O5S2. The number of nitrogens with one attached hydrogen (secondary N) is 2. The van der Waals surface area contributed by atoms with Gasteiger partial charge in [-0.3, -0.25) is 0 Å². The van der Waals surface area contributed by atoms with Gasteiger partial charge in [0, 0.05) is 38.8 Å². The zero-order chi connectivity index (χ0) is 17.6. The number of hydrogen-bond donors (Lipinski definition) is 2. The molecule has 0 atom stereocenters. The Balaban J connectivity index is 1.94. The van der Waals surface area contributed by atoms with Crippen molar-refractivity contribution in [2.24, 2.45) is 0 Å². The summed E-state index contributed by atoms with van der Waals surface area (Å²) in [4.78, 5) is 14.1. The van der Waals surface area contributed by atoms with Crippen LogP contribution in [0.1, 0.15) is 16.1 Å². The lowest BCUT2D eigenvalue weighted by Crippen LogP contribution is -2.44. The summed E-state index contributed by atoms with van der Waals surface area (Å²) in [7, 11) is -1.11. The molecule has 2 heterocycles. The minimum atomic E-state index is -3.72. The van der Waals surface area contributed by atoms with Crippen molar-refractivity contribution in [3.05, 3.63) is 10.9 Å². The molecule has 2 N–H and O–H groups in total. The summed E-state index contributed by atoms with van der Waals surface area (Å²) in [5.74, 6) is -0.437. The average molecular weight is 377 g/mol. The number of esters is 1. The number of piperazine rings is 1. The quantitative estimate of drug-likeness (QED) is 0.490. The van der Waals surface area contributed by atoms with Gasteiger partial charge in [-0.25, -0.2) is 17.9 Å². The maximum atomic E-state index is 12.4. The molecule has 0 spiro atoms. The van der Waals surface area contributed by atoms with Crippen LogP contribution in [0.3, 0.4) is 0 Å². The standard InChI is InChI=1S/C14H23N3O5S2/c1-21-11-10-12(13(18)22-2)23-14(11)24(19,20)16-4-3-7-17-8-5-15-6-9-17/h10,15-16H,3-9H2,1-2H3. The highest BCUT2D eigenvalue weighted by Crippen LogP contribution is 2.33. The first-order valence-corrected chi connectivity index (χ1v) is 9.97. The van der Waals surface area contributed by atoms with Crippen LogP contribution in [0, 0.1) is 0 Å². The second-order valence-corrected chi connectivity index (χ2v) is 8.32. The van der Waals surface area contributed by atoms with Crippen LogP contribution < -0.4 is 14.8 Å². The maximum absolute atomic E-state index is 12.4. The molecular weight excluding hydrogens is 354 g/mol. The van der Waals surface area contributed by atoms with Crippen molar-refractivity contribution >= 4 is 27.3 Å². The van der Waals surface area contributed by atoms with Crippen LogP contribution >= 0.6 is 11.3 Å². The minimum absolute atomic E-state index is 0.00688. The number of methoxy groups -OCH3 is 2. The van der Waals surface area contributed by atoms with E-state index in [-0.39, 0.29) is 14.8 Å². The Morgan fingerprint density at radius 1 is 1.38 bits per heavy atom. The normalized spacial score (nSPS) is 16.1. The first kappa shape index (κ1) is 19.1. The maximum Gasteiger partial charge on any atom is 0.348 e. The summed E-state index contributed by atoms with van der Waals surface area (Å²) in [6.07, 6.45) is 0.719.